The van der Waals surface area contributed by atoms with Crippen LogP contribution >= 0.6 is 15.9 Å². The number of rotatable bonds is 7. The van der Waals surface area contributed by atoms with E-state index in [0.29, 0.717) is 6.61 Å². The number of hydrogen-bond acceptors (Lipinski definition) is 1. The molecule has 0 aliphatic carbocycles. The fourth-order valence-electron chi connectivity index (χ4n) is 0.782. The molecule has 0 heterocycles. The molecule has 11 heavy (non-hydrogen) atoms. The molecule has 0 N–H and O–H groups in total. The summed E-state index contributed by atoms with van der Waals surface area (Å²) in [5, 5.41) is 1.09. The van der Waals surface area contributed by atoms with Gasteiger partial charge in [-0.25, -0.2) is 0 Å². The third kappa shape index (κ3) is 8.08. The van der Waals surface area contributed by atoms with Crippen LogP contribution in [0.25, 0.3) is 0 Å². The van der Waals surface area contributed by atoms with E-state index in [9.17, 15) is 0 Å². The lowest BCUT2D eigenvalue weighted by molar-refractivity contribution is 0.147. The standard InChI is InChI=1S/C9H17BrO/c1-3-7-11-8-5-9(2)4-6-10/h3,9H,1,4-8H2,2H3. The molecule has 0 fully saturated rings. The van der Waals surface area contributed by atoms with Crippen molar-refractivity contribution in [2.45, 2.75) is 19.8 Å². The normalized spacial score (nSPS) is 12.9. The zero-order valence-corrected chi connectivity index (χ0v) is 8.77. The second-order valence-electron chi connectivity index (χ2n) is 2.74. The Kier molecular flexibility index (Phi) is 8.41. The van der Waals surface area contributed by atoms with Crippen LogP contribution in [0, 0.1) is 5.92 Å². The van der Waals surface area contributed by atoms with Crippen molar-refractivity contribution in [3.05, 3.63) is 12.7 Å². The van der Waals surface area contributed by atoms with Gasteiger partial charge in [0.15, 0.2) is 0 Å². The lowest BCUT2D eigenvalue weighted by Crippen LogP contribution is -2.02. The molecule has 0 aliphatic heterocycles. The first-order chi connectivity index (χ1) is 5.31. The van der Waals surface area contributed by atoms with Crippen molar-refractivity contribution in [2.75, 3.05) is 18.5 Å². The maximum Gasteiger partial charge on any atom is 0.0644 e. The Labute approximate surface area is 78.0 Å². The molecule has 1 atom stereocenters. The Hall–Kier alpha value is 0.180. The minimum atomic E-state index is 0.682. The second kappa shape index (κ2) is 8.28. The molecule has 66 valence electrons. The van der Waals surface area contributed by atoms with E-state index in [1.54, 1.807) is 6.08 Å². The molecule has 0 bridgehead atoms. The van der Waals surface area contributed by atoms with Crippen molar-refractivity contribution >= 4 is 15.9 Å². The Morgan fingerprint density at radius 3 is 2.82 bits per heavy atom. The Balaban J connectivity index is 3.03. The monoisotopic (exact) mass is 220 g/mol. The zero-order chi connectivity index (χ0) is 8.53. The van der Waals surface area contributed by atoms with Gasteiger partial charge >= 0.3 is 0 Å². The highest BCUT2D eigenvalue weighted by Crippen LogP contribution is 2.08. The second-order valence-corrected chi connectivity index (χ2v) is 3.53. The molecule has 0 spiro atoms. The molecular weight excluding hydrogens is 204 g/mol. The molecule has 2 heteroatoms. The minimum absolute atomic E-state index is 0.682. The van der Waals surface area contributed by atoms with Crippen molar-refractivity contribution in [3.8, 4) is 0 Å². The Morgan fingerprint density at radius 1 is 1.55 bits per heavy atom. The van der Waals surface area contributed by atoms with Crippen LogP contribution in [0.3, 0.4) is 0 Å². The molecule has 0 saturated heterocycles. The summed E-state index contributed by atoms with van der Waals surface area (Å²) < 4.78 is 5.27. The van der Waals surface area contributed by atoms with E-state index in [4.69, 9.17) is 4.74 Å². The predicted octanol–water partition coefficient (Wildman–Crippen LogP) is 3.00. The van der Waals surface area contributed by atoms with Gasteiger partial charge < -0.3 is 4.74 Å². The van der Waals surface area contributed by atoms with E-state index < -0.39 is 0 Å². The van der Waals surface area contributed by atoms with Crippen molar-refractivity contribution in [1.82, 2.24) is 0 Å². The van der Waals surface area contributed by atoms with Gasteiger partial charge in [-0.2, -0.15) is 0 Å². The van der Waals surface area contributed by atoms with Crippen LogP contribution in [0.5, 0.6) is 0 Å². The quantitative estimate of drug-likeness (QED) is 0.365. The van der Waals surface area contributed by atoms with Crippen LogP contribution in [0.1, 0.15) is 19.8 Å². The first-order valence-corrected chi connectivity index (χ1v) is 5.18. The van der Waals surface area contributed by atoms with Gasteiger partial charge in [-0.3, -0.25) is 0 Å². The van der Waals surface area contributed by atoms with Gasteiger partial charge in [-0.1, -0.05) is 28.9 Å². The van der Waals surface area contributed by atoms with Crippen LogP contribution in [-0.2, 0) is 4.74 Å². The van der Waals surface area contributed by atoms with Crippen LogP contribution in [0.15, 0.2) is 12.7 Å². The van der Waals surface area contributed by atoms with E-state index in [2.05, 4.69) is 29.4 Å². The summed E-state index contributed by atoms with van der Waals surface area (Å²) in [7, 11) is 0. The summed E-state index contributed by atoms with van der Waals surface area (Å²) in [4.78, 5) is 0. The fraction of sp³-hybridized carbons (Fsp3) is 0.778. The zero-order valence-electron chi connectivity index (χ0n) is 7.18. The molecule has 0 aromatic carbocycles. The van der Waals surface area contributed by atoms with Crippen LogP contribution in [0.2, 0.25) is 0 Å². The van der Waals surface area contributed by atoms with Crippen molar-refractivity contribution in [3.63, 3.8) is 0 Å². The molecule has 1 unspecified atom stereocenters. The summed E-state index contributed by atoms with van der Waals surface area (Å²) >= 11 is 3.42. The van der Waals surface area contributed by atoms with E-state index in [1.807, 2.05) is 0 Å². The molecule has 1 nitrogen and oxygen atoms in total. The molecule has 0 aromatic heterocycles. The van der Waals surface area contributed by atoms with Gasteiger partial charge in [0.25, 0.3) is 0 Å². The van der Waals surface area contributed by atoms with E-state index in [-0.39, 0.29) is 0 Å². The highest BCUT2D eigenvalue weighted by molar-refractivity contribution is 9.09. The number of alkyl halides is 1. The van der Waals surface area contributed by atoms with Gasteiger partial charge in [0.2, 0.25) is 0 Å². The van der Waals surface area contributed by atoms with Gasteiger partial charge in [0, 0.05) is 11.9 Å². The topological polar surface area (TPSA) is 9.23 Å². The van der Waals surface area contributed by atoms with E-state index >= 15 is 0 Å². The maximum absolute atomic E-state index is 5.27. The summed E-state index contributed by atoms with van der Waals surface area (Å²) in [5.41, 5.74) is 0. The summed E-state index contributed by atoms with van der Waals surface area (Å²) in [6.07, 6.45) is 4.17. The molecule has 0 radical (unpaired) electrons. The number of ether oxygens (including phenoxy) is 1. The van der Waals surface area contributed by atoms with Crippen LogP contribution in [-0.4, -0.2) is 18.5 Å². The minimum Gasteiger partial charge on any atom is -0.377 e. The molecule has 0 aromatic rings. The number of hydrogen-bond donors (Lipinski definition) is 0. The van der Waals surface area contributed by atoms with Crippen LogP contribution in [0.4, 0.5) is 0 Å². The molecule has 0 rings (SSSR count). The van der Waals surface area contributed by atoms with Crippen molar-refractivity contribution in [1.29, 1.82) is 0 Å². The predicted molar refractivity (Wildman–Crippen MR) is 53.2 cm³/mol. The van der Waals surface area contributed by atoms with E-state index in [0.717, 1.165) is 24.3 Å². The van der Waals surface area contributed by atoms with Crippen LogP contribution < -0.4 is 0 Å². The Morgan fingerprint density at radius 2 is 2.27 bits per heavy atom. The summed E-state index contributed by atoms with van der Waals surface area (Å²) in [6, 6.07) is 0. The molecule has 0 aliphatic rings. The van der Waals surface area contributed by atoms with Gasteiger partial charge in [-0.15, -0.1) is 6.58 Å². The third-order valence-corrected chi connectivity index (χ3v) is 2.05. The lowest BCUT2D eigenvalue weighted by atomic mass is 10.1. The summed E-state index contributed by atoms with van der Waals surface area (Å²) in [6.45, 7) is 7.37. The average molecular weight is 221 g/mol. The third-order valence-electron chi connectivity index (χ3n) is 1.59. The smallest absolute Gasteiger partial charge is 0.0644 e. The Bertz CT molecular complexity index is 93.6. The maximum atomic E-state index is 5.27. The number of halogens is 1. The SMILES string of the molecule is C=CCOCCC(C)CCBr. The van der Waals surface area contributed by atoms with Crippen molar-refractivity contribution in [2.24, 2.45) is 5.92 Å². The molecule has 0 amide bonds. The van der Waals surface area contributed by atoms with Crippen molar-refractivity contribution < 1.29 is 4.74 Å². The highest BCUT2D eigenvalue weighted by Gasteiger charge is 1.99. The van der Waals surface area contributed by atoms with Gasteiger partial charge in [0.05, 0.1) is 6.61 Å². The highest BCUT2D eigenvalue weighted by atomic mass is 79.9. The molecule has 0 saturated carbocycles. The summed E-state index contributed by atoms with van der Waals surface area (Å²) in [5.74, 6) is 0.763. The first-order valence-electron chi connectivity index (χ1n) is 4.05. The van der Waals surface area contributed by atoms with Gasteiger partial charge in [0.1, 0.15) is 0 Å². The lowest BCUT2D eigenvalue weighted by Gasteiger charge is -2.08. The average Bonchev–Trinajstić information content (AvgIpc) is 1.99. The van der Waals surface area contributed by atoms with Gasteiger partial charge in [-0.05, 0) is 18.8 Å². The fourth-order valence-corrected chi connectivity index (χ4v) is 1.56. The largest absolute Gasteiger partial charge is 0.377 e. The van der Waals surface area contributed by atoms with E-state index in [1.165, 1.54) is 6.42 Å². The first kappa shape index (κ1) is 11.2. The molecular formula is C9H17BrO.